The number of aryl methyl sites for hydroxylation is 1. The Bertz CT molecular complexity index is 444. The van der Waals surface area contributed by atoms with Gasteiger partial charge in [0, 0.05) is 4.47 Å². The summed E-state index contributed by atoms with van der Waals surface area (Å²) in [6.45, 7) is 7.31. The molecule has 0 aliphatic heterocycles. The molecule has 1 rings (SSSR count). The van der Waals surface area contributed by atoms with E-state index in [1.165, 1.54) is 0 Å². The Morgan fingerprint density at radius 1 is 1.53 bits per heavy atom. The van der Waals surface area contributed by atoms with Gasteiger partial charge in [0.25, 0.3) is 0 Å². The SMILES string of the molecule is Cc1nc(NC(=O)OC(C)(C)C)c(I)cc1Br. The Morgan fingerprint density at radius 3 is 2.65 bits per heavy atom. The molecule has 0 unspecified atom stereocenters. The number of carbonyl (C=O) groups is 1. The number of hydrogen-bond acceptors (Lipinski definition) is 3. The summed E-state index contributed by atoms with van der Waals surface area (Å²) in [6.07, 6.45) is -0.496. The Hall–Kier alpha value is -0.370. The van der Waals surface area contributed by atoms with Crippen LogP contribution < -0.4 is 5.32 Å². The Morgan fingerprint density at radius 2 is 2.12 bits per heavy atom. The van der Waals surface area contributed by atoms with Crippen molar-refractivity contribution in [2.24, 2.45) is 0 Å². The molecule has 0 radical (unpaired) electrons. The second-order valence-corrected chi connectivity index (χ2v) is 6.53. The van der Waals surface area contributed by atoms with Gasteiger partial charge >= 0.3 is 6.09 Å². The van der Waals surface area contributed by atoms with Crippen molar-refractivity contribution in [1.82, 2.24) is 4.98 Å². The van der Waals surface area contributed by atoms with E-state index < -0.39 is 11.7 Å². The van der Waals surface area contributed by atoms with E-state index in [4.69, 9.17) is 4.74 Å². The van der Waals surface area contributed by atoms with Crippen LogP contribution in [0.4, 0.5) is 10.6 Å². The predicted molar refractivity (Wildman–Crippen MR) is 79.2 cm³/mol. The number of anilines is 1. The smallest absolute Gasteiger partial charge is 0.413 e. The summed E-state index contributed by atoms with van der Waals surface area (Å²) in [5, 5.41) is 2.63. The summed E-state index contributed by atoms with van der Waals surface area (Å²) in [7, 11) is 0. The molecular weight excluding hydrogens is 399 g/mol. The molecule has 1 heterocycles. The molecule has 1 aromatic heterocycles. The van der Waals surface area contributed by atoms with E-state index in [0.29, 0.717) is 5.82 Å². The van der Waals surface area contributed by atoms with Gasteiger partial charge in [0.1, 0.15) is 11.4 Å². The molecular formula is C11H14BrIN2O2. The summed E-state index contributed by atoms with van der Waals surface area (Å²) in [6, 6.07) is 1.90. The number of rotatable bonds is 1. The minimum absolute atomic E-state index is 0.496. The van der Waals surface area contributed by atoms with Gasteiger partial charge in [-0.15, -0.1) is 0 Å². The van der Waals surface area contributed by atoms with Crippen LogP contribution in [0.2, 0.25) is 0 Å². The number of carbonyl (C=O) groups excluding carboxylic acids is 1. The highest BCUT2D eigenvalue weighted by molar-refractivity contribution is 14.1. The molecule has 6 heteroatoms. The first-order valence-corrected chi connectivity index (χ1v) is 6.89. The molecule has 1 amide bonds. The maximum atomic E-state index is 11.6. The first kappa shape index (κ1) is 14.7. The van der Waals surface area contributed by atoms with E-state index in [0.717, 1.165) is 13.7 Å². The van der Waals surface area contributed by atoms with E-state index in [2.05, 4.69) is 48.8 Å². The molecule has 0 aliphatic rings. The molecule has 0 bridgehead atoms. The van der Waals surface area contributed by atoms with Gasteiger partial charge in [-0.05, 0) is 72.3 Å². The number of nitrogens with one attached hydrogen (secondary N) is 1. The van der Waals surface area contributed by atoms with E-state index in [9.17, 15) is 4.79 Å². The van der Waals surface area contributed by atoms with Gasteiger partial charge in [0.05, 0.1) is 9.26 Å². The van der Waals surface area contributed by atoms with Crippen LogP contribution in [-0.2, 0) is 4.74 Å². The van der Waals surface area contributed by atoms with Crippen LogP contribution in [0.5, 0.6) is 0 Å². The van der Waals surface area contributed by atoms with Crippen LogP contribution in [0.1, 0.15) is 26.5 Å². The van der Waals surface area contributed by atoms with Gasteiger partial charge in [0.15, 0.2) is 0 Å². The van der Waals surface area contributed by atoms with E-state index in [1.807, 2.05) is 33.8 Å². The quantitative estimate of drug-likeness (QED) is 0.706. The van der Waals surface area contributed by atoms with E-state index >= 15 is 0 Å². The van der Waals surface area contributed by atoms with Gasteiger partial charge in [-0.2, -0.15) is 0 Å². The Balaban J connectivity index is 2.82. The first-order valence-electron chi connectivity index (χ1n) is 5.01. The fourth-order valence-electron chi connectivity index (χ4n) is 1.05. The topological polar surface area (TPSA) is 51.2 Å². The third-order valence-corrected chi connectivity index (χ3v) is 3.35. The number of pyridine rings is 1. The second kappa shape index (κ2) is 5.51. The van der Waals surface area contributed by atoms with Crippen LogP contribution in [0.25, 0.3) is 0 Å². The van der Waals surface area contributed by atoms with Crippen molar-refractivity contribution in [3.05, 3.63) is 19.8 Å². The van der Waals surface area contributed by atoms with Crippen molar-refractivity contribution in [2.45, 2.75) is 33.3 Å². The zero-order chi connectivity index (χ0) is 13.2. The molecule has 94 valence electrons. The predicted octanol–water partition coefficient (Wildman–Crippen LogP) is 4.10. The van der Waals surface area contributed by atoms with Crippen LogP contribution in [0.15, 0.2) is 10.5 Å². The van der Waals surface area contributed by atoms with E-state index in [-0.39, 0.29) is 0 Å². The van der Waals surface area contributed by atoms with Crippen molar-refractivity contribution < 1.29 is 9.53 Å². The van der Waals surface area contributed by atoms with Crippen LogP contribution >= 0.6 is 38.5 Å². The molecule has 1 aromatic rings. The van der Waals surface area contributed by atoms with Crippen molar-refractivity contribution >= 4 is 50.4 Å². The van der Waals surface area contributed by atoms with E-state index in [1.54, 1.807) is 0 Å². The molecule has 0 spiro atoms. The first-order chi connectivity index (χ1) is 7.69. The largest absolute Gasteiger partial charge is 0.444 e. The lowest BCUT2D eigenvalue weighted by Crippen LogP contribution is -2.27. The van der Waals surface area contributed by atoms with Crippen LogP contribution in [0, 0.1) is 10.5 Å². The van der Waals surface area contributed by atoms with Gasteiger partial charge in [-0.3, -0.25) is 5.32 Å². The summed E-state index contributed by atoms with van der Waals surface area (Å²) in [5.41, 5.74) is 0.302. The van der Waals surface area contributed by atoms with Gasteiger partial charge in [0.2, 0.25) is 0 Å². The maximum absolute atomic E-state index is 11.6. The van der Waals surface area contributed by atoms with Gasteiger partial charge in [-0.1, -0.05) is 0 Å². The minimum Gasteiger partial charge on any atom is -0.444 e. The molecule has 17 heavy (non-hydrogen) atoms. The van der Waals surface area contributed by atoms with Crippen molar-refractivity contribution in [2.75, 3.05) is 5.32 Å². The number of amides is 1. The number of aromatic nitrogens is 1. The second-order valence-electron chi connectivity index (χ2n) is 4.51. The molecule has 0 atom stereocenters. The average Bonchev–Trinajstić information content (AvgIpc) is 2.11. The zero-order valence-corrected chi connectivity index (χ0v) is 13.8. The normalized spacial score (nSPS) is 11.2. The minimum atomic E-state index is -0.514. The molecule has 4 nitrogen and oxygen atoms in total. The molecule has 0 saturated heterocycles. The Labute approximate surface area is 123 Å². The molecule has 0 fully saturated rings. The summed E-state index contributed by atoms with van der Waals surface area (Å²) < 4.78 is 6.93. The monoisotopic (exact) mass is 412 g/mol. The van der Waals surface area contributed by atoms with Crippen molar-refractivity contribution in [3.8, 4) is 0 Å². The average molecular weight is 413 g/mol. The number of nitrogens with zero attached hydrogens (tertiary/aromatic N) is 1. The highest BCUT2D eigenvalue weighted by atomic mass is 127. The van der Waals surface area contributed by atoms with Crippen molar-refractivity contribution in [1.29, 1.82) is 0 Å². The lowest BCUT2D eigenvalue weighted by molar-refractivity contribution is 0.0635. The van der Waals surface area contributed by atoms with Gasteiger partial charge < -0.3 is 4.74 Å². The summed E-state index contributed by atoms with van der Waals surface area (Å²) in [4.78, 5) is 15.9. The lowest BCUT2D eigenvalue weighted by atomic mass is 10.2. The van der Waals surface area contributed by atoms with Crippen molar-refractivity contribution in [3.63, 3.8) is 0 Å². The number of halogens is 2. The van der Waals surface area contributed by atoms with Crippen LogP contribution in [0.3, 0.4) is 0 Å². The molecule has 0 aromatic carbocycles. The molecule has 0 aliphatic carbocycles. The highest BCUT2D eigenvalue weighted by Gasteiger charge is 2.17. The fourth-order valence-corrected chi connectivity index (χ4v) is 2.36. The lowest BCUT2D eigenvalue weighted by Gasteiger charge is -2.19. The standard InChI is InChI=1S/C11H14BrIN2O2/c1-6-7(12)5-8(13)9(14-6)15-10(16)17-11(2,3)4/h5H,1-4H3,(H,14,15,16). The van der Waals surface area contributed by atoms with Crippen LogP contribution in [-0.4, -0.2) is 16.7 Å². The summed E-state index contributed by atoms with van der Waals surface area (Å²) >= 11 is 5.49. The fraction of sp³-hybridized carbons (Fsp3) is 0.455. The zero-order valence-electron chi connectivity index (χ0n) is 10.1. The Kier molecular flexibility index (Phi) is 4.77. The summed E-state index contributed by atoms with van der Waals surface area (Å²) in [5.74, 6) is 0.514. The third-order valence-electron chi connectivity index (χ3n) is 1.72. The maximum Gasteiger partial charge on any atom is 0.413 e. The number of hydrogen-bond donors (Lipinski definition) is 1. The third kappa shape index (κ3) is 4.79. The molecule has 1 N–H and O–H groups in total. The number of ether oxygens (including phenoxy) is 1. The molecule has 0 saturated carbocycles. The van der Waals surface area contributed by atoms with Gasteiger partial charge in [-0.25, -0.2) is 9.78 Å². The highest BCUT2D eigenvalue weighted by Crippen LogP contribution is 2.23.